The number of carbonyl (C=O) groups is 1. The number of ether oxygens (including phenoxy) is 3. The number of hydrogen-bond donors (Lipinski definition) is 0. The molecular formula is C25H23BrN2O5S. The van der Waals surface area contributed by atoms with Crippen LogP contribution in [0.25, 0.3) is 6.08 Å². The zero-order chi connectivity index (χ0) is 24.4. The van der Waals surface area contributed by atoms with Gasteiger partial charge in [0.15, 0.2) is 4.80 Å². The maximum atomic E-state index is 13.6. The highest BCUT2D eigenvalue weighted by Gasteiger charge is 2.33. The molecule has 176 valence electrons. The first-order chi connectivity index (χ1) is 16.4. The summed E-state index contributed by atoms with van der Waals surface area (Å²) in [7, 11) is 3.18. The second kappa shape index (κ2) is 9.99. The van der Waals surface area contributed by atoms with Gasteiger partial charge in [-0.15, -0.1) is 0 Å². The number of thiazole rings is 1. The lowest BCUT2D eigenvalue weighted by Gasteiger charge is -2.25. The van der Waals surface area contributed by atoms with Crippen molar-refractivity contribution in [3.63, 3.8) is 0 Å². The first-order valence-corrected chi connectivity index (χ1v) is 12.2. The number of methoxy groups -OCH3 is 2. The van der Waals surface area contributed by atoms with Gasteiger partial charge in [-0.2, -0.15) is 0 Å². The van der Waals surface area contributed by atoms with Gasteiger partial charge in [-0.3, -0.25) is 9.36 Å². The molecule has 2 aromatic carbocycles. The van der Waals surface area contributed by atoms with Crippen molar-refractivity contribution in [2.75, 3.05) is 20.8 Å². The number of carbonyl (C=O) groups excluding carboxylic acids is 1. The Morgan fingerprint density at radius 2 is 1.91 bits per heavy atom. The summed E-state index contributed by atoms with van der Waals surface area (Å²) < 4.78 is 18.7. The van der Waals surface area contributed by atoms with Crippen LogP contribution in [-0.4, -0.2) is 31.4 Å². The number of benzene rings is 2. The lowest BCUT2D eigenvalue weighted by Crippen LogP contribution is -2.39. The Bertz CT molecular complexity index is 1450. The summed E-state index contributed by atoms with van der Waals surface area (Å²) in [6.07, 6.45) is 1.81. The molecule has 0 bridgehead atoms. The van der Waals surface area contributed by atoms with E-state index in [9.17, 15) is 9.59 Å². The largest absolute Gasteiger partial charge is 0.497 e. The zero-order valence-electron chi connectivity index (χ0n) is 19.1. The normalized spacial score (nSPS) is 15.6. The van der Waals surface area contributed by atoms with Crippen LogP contribution in [0.15, 0.2) is 68.0 Å². The summed E-state index contributed by atoms with van der Waals surface area (Å²) in [5.74, 6) is 0.887. The average Bonchev–Trinajstić information content (AvgIpc) is 3.13. The molecule has 0 saturated carbocycles. The van der Waals surface area contributed by atoms with Gasteiger partial charge < -0.3 is 14.2 Å². The third-order valence-corrected chi connectivity index (χ3v) is 7.02. The first kappa shape index (κ1) is 24.0. The third kappa shape index (κ3) is 4.45. The Kier molecular flexibility index (Phi) is 7.04. The predicted octanol–water partition coefficient (Wildman–Crippen LogP) is 3.58. The van der Waals surface area contributed by atoms with Crippen LogP contribution >= 0.6 is 27.3 Å². The second-order valence-electron chi connectivity index (χ2n) is 7.47. The monoisotopic (exact) mass is 542 g/mol. The predicted molar refractivity (Wildman–Crippen MR) is 134 cm³/mol. The number of aromatic nitrogens is 1. The summed E-state index contributed by atoms with van der Waals surface area (Å²) >= 11 is 4.80. The Morgan fingerprint density at radius 1 is 1.18 bits per heavy atom. The van der Waals surface area contributed by atoms with E-state index in [1.54, 1.807) is 38.7 Å². The lowest BCUT2D eigenvalue weighted by atomic mass is 9.96. The summed E-state index contributed by atoms with van der Waals surface area (Å²) in [6.45, 7) is 3.73. The van der Waals surface area contributed by atoms with E-state index in [-0.39, 0.29) is 12.2 Å². The average molecular weight is 543 g/mol. The quantitative estimate of drug-likeness (QED) is 0.445. The Morgan fingerprint density at radius 3 is 2.53 bits per heavy atom. The Labute approximate surface area is 208 Å². The molecule has 0 spiro atoms. The summed E-state index contributed by atoms with van der Waals surface area (Å²) in [6, 6.07) is 12.2. The van der Waals surface area contributed by atoms with E-state index in [1.807, 2.05) is 42.5 Å². The molecule has 1 aromatic heterocycles. The van der Waals surface area contributed by atoms with Crippen molar-refractivity contribution in [1.82, 2.24) is 4.57 Å². The summed E-state index contributed by atoms with van der Waals surface area (Å²) in [5.41, 5.74) is 2.22. The van der Waals surface area contributed by atoms with Gasteiger partial charge in [0.1, 0.15) is 11.5 Å². The fraction of sp³-hybridized carbons (Fsp3) is 0.240. The molecule has 0 radical (unpaired) electrons. The van der Waals surface area contributed by atoms with Gasteiger partial charge in [0.25, 0.3) is 5.56 Å². The van der Waals surface area contributed by atoms with E-state index in [1.165, 1.54) is 11.3 Å². The maximum Gasteiger partial charge on any atom is 0.338 e. The minimum absolute atomic E-state index is 0.219. The van der Waals surface area contributed by atoms with Gasteiger partial charge in [-0.25, -0.2) is 9.79 Å². The van der Waals surface area contributed by atoms with Crippen LogP contribution in [0.5, 0.6) is 11.5 Å². The minimum atomic E-state index is -0.685. The van der Waals surface area contributed by atoms with E-state index in [4.69, 9.17) is 14.2 Å². The van der Waals surface area contributed by atoms with Gasteiger partial charge in [-0.1, -0.05) is 29.5 Å². The van der Waals surface area contributed by atoms with Gasteiger partial charge in [-0.05, 0) is 71.2 Å². The second-order valence-corrected chi connectivity index (χ2v) is 9.33. The van der Waals surface area contributed by atoms with Crippen LogP contribution in [0, 0.1) is 0 Å². The molecule has 1 unspecified atom stereocenters. The first-order valence-electron chi connectivity index (χ1n) is 10.5. The highest BCUT2D eigenvalue weighted by molar-refractivity contribution is 9.10. The van der Waals surface area contributed by atoms with E-state index in [0.29, 0.717) is 30.8 Å². The SMILES string of the molecule is CCOC(=O)C1=C(C)N=c2s/c(=C\c3ccc(OC)cc3)c(=O)n2C1c1ccc(OC)c(Br)c1. The number of fused-ring (bicyclic) bond motifs is 1. The number of halogens is 1. The molecule has 7 nitrogen and oxygen atoms in total. The van der Waals surface area contributed by atoms with E-state index in [2.05, 4.69) is 20.9 Å². The maximum absolute atomic E-state index is 13.6. The van der Waals surface area contributed by atoms with Crippen LogP contribution in [0.1, 0.15) is 31.0 Å². The summed E-state index contributed by atoms with van der Waals surface area (Å²) in [5, 5.41) is 0. The lowest BCUT2D eigenvalue weighted by molar-refractivity contribution is -0.139. The van der Waals surface area contributed by atoms with Crippen LogP contribution in [0.2, 0.25) is 0 Å². The number of hydrogen-bond acceptors (Lipinski definition) is 7. The van der Waals surface area contributed by atoms with Crippen molar-refractivity contribution >= 4 is 39.3 Å². The van der Waals surface area contributed by atoms with E-state index >= 15 is 0 Å². The molecule has 1 aliphatic heterocycles. The fourth-order valence-corrected chi connectivity index (χ4v) is 5.42. The zero-order valence-corrected chi connectivity index (χ0v) is 21.5. The number of nitrogens with zero attached hydrogens (tertiary/aromatic N) is 2. The standard InChI is InChI=1S/C25H23BrN2O5S/c1-5-33-24(30)21-14(2)27-25-28(22(21)16-8-11-19(32-4)18(26)13-16)23(29)20(34-25)12-15-6-9-17(31-3)10-7-15/h6-13,22H,5H2,1-4H3/b20-12-. The highest BCUT2D eigenvalue weighted by Crippen LogP contribution is 2.35. The van der Waals surface area contributed by atoms with Gasteiger partial charge in [0.2, 0.25) is 0 Å². The highest BCUT2D eigenvalue weighted by atomic mass is 79.9. The molecule has 34 heavy (non-hydrogen) atoms. The molecule has 1 aliphatic rings. The van der Waals surface area contributed by atoms with Gasteiger partial charge in [0, 0.05) is 0 Å². The molecule has 0 aliphatic carbocycles. The molecule has 1 atom stereocenters. The molecule has 0 saturated heterocycles. The Balaban J connectivity index is 1.93. The molecule has 0 N–H and O–H groups in total. The topological polar surface area (TPSA) is 79.1 Å². The third-order valence-electron chi connectivity index (χ3n) is 5.42. The molecule has 0 amide bonds. The Hall–Kier alpha value is -3.17. The van der Waals surface area contributed by atoms with E-state index in [0.717, 1.165) is 16.9 Å². The van der Waals surface area contributed by atoms with Crippen molar-refractivity contribution in [3.05, 3.63) is 89.0 Å². The van der Waals surface area contributed by atoms with Crippen LogP contribution in [0.3, 0.4) is 0 Å². The number of esters is 1. The molecule has 9 heteroatoms. The molecular weight excluding hydrogens is 520 g/mol. The summed E-state index contributed by atoms with van der Waals surface area (Å²) in [4.78, 5) is 31.7. The van der Waals surface area contributed by atoms with Gasteiger partial charge in [0.05, 0.1) is 47.1 Å². The van der Waals surface area contributed by atoms with Crippen molar-refractivity contribution in [1.29, 1.82) is 0 Å². The fourth-order valence-electron chi connectivity index (χ4n) is 3.81. The van der Waals surface area contributed by atoms with Gasteiger partial charge >= 0.3 is 5.97 Å². The molecule has 4 rings (SSSR count). The van der Waals surface area contributed by atoms with Crippen LogP contribution in [-0.2, 0) is 9.53 Å². The molecule has 2 heterocycles. The van der Waals surface area contributed by atoms with E-state index < -0.39 is 12.0 Å². The molecule has 0 fully saturated rings. The van der Waals surface area contributed by atoms with Crippen molar-refractivity contribution in [2.24, 2.45) is 4.99 Å². The van der Waals surface area contributed by atoms with Crippen LogP contribution < -0.4 is 24.4 Å². The molecule has 3 aromatic rings. The number of rotatable bonds is 6. The smallest absolute Gasteiger partial charge is 0.338 e. The minimum Gasteiger partial charge on any atom is -0.497 e. The van der Waals surface area contributed by atoms with Crippen molar-refractivity contribution in [2.45, 2.75) is 19.9 Å². The van der Waals surface area contributed by atoms with Crippen molar-refractivity contribution in [3.8, 4) is 11.5 Å². The van der Waals surface area contributed by atoms with Crippen molar-refractivity contribution < 1.29 is 19.0 Å². The number of allylic oxidation sites excluding steroid dienone is 1. The van der Waals surface area contributed by atoms with Crippen LogP contribution in [0.4, 0.5) is 0 Å².